The van der Waals surface area contributed by atoms with Crippen molar-refractivity contribution in [3.05, 3.63) is 86.5 Å². The van der Waals surface area contributed by atoms with Gasteiger partial charge in [0.1, 0.15) is 0 Å². The Morgan fingerprint density at radius 3 is 1.26 bits per heavy atom. The number of aryl methyl sites for hydroxylation is 4. The van der Waals surface area contributed by atoms with Gasteiger partial charge < -0.3 is 5.53 Å². The molecule has 43 heavy (non-hydrogen) atoms. The van der Waals surface area contributed by atoms with Crippen molar-refractivity contribution in [3.8, 4) is 0 Å². The second-order valence-electron chi connectivity index (χ2n) is 13.1. The fourth-order valence-electron chi connectivity index (χ4n) is 6.68. The highest BCUT2D eigenvalue weighted by atomic mass is 15.2. The Morgan fingerprint density at radius 2 is 0.814 bits per heavy atom. The summed E-state index contributed by atoms with van der Waals surface area (Å²) < 4.78 is 1.59. The maximum Gasteiger partial charge on any atom is 0.211 e. The molecule has 2 aromatic carbocycles. The van der Waals surface area contributed by atoms with Gasteiger partial charge in [-0.15, -0.1) is 0 Å². The van der Waals surface area contributed by atoms with Crippen molar-refractivity contribution in [3.63, 3.8) is 0 Å². The molecule has 0 aliphatic carbocycles. The zero-order valence-electron chi connectivity index (χ0n) is 28.8. The molecule has 0 amide bonds. The maximum absolute atomic E-state index is 12.2. The van der Waals surface area contributed by atoms with Crippen LogP contribution in [0.4, 0.5) is 0 Å². The minimum atomic E-state index is 1.00. The largest absolute Gasteiger partial charge is 0.493 e. The number of hydrogen-bond donors (Lipinski definition) is 0. The van der Waals surface area contributed by atoms with Crippen molar-refractivity contribution in [2.24, 2.45) is 0 Å². The lowest BCUT2D eigenvalue weighted by atomic mass is 9.92. The molecular formula is C41H62N2. The molecule has 236 valence electrons. The van der Waals surface area contributed by atoms with E-state index in [1.54, 1.807) is 4.70 Å². The van der Waals surface area contributed by atoms with Crippen molar-refractivity contribution < 1.29 is 4.70 Å². The van der Waals surface area contributed by atoms with Crippen molar-refractivity contribution >= 4 is 11.4 Å². The van der Waals surface area contributed by atoms with E-state index in [-0.39, 0.29) is 0 Å². The Kier molecular flexibility index (Phi) is 15.5. The molecule has 0 fully saturated rings. The van der Waals surface area contributed by atoms with Crippen LogP contribution in [0.15, 0.2) is 47.5 Å². The molecule has 0 saturated carbocycles. The third kappa shape index (κ3) is 10.3. The van der Waals surface area contributed by atoms with E-state index in [1.807, 2.05) is 0 Å². The van der Waals surface area contributed by atoms with Gasteiger partial charge in [-0.3, -0.25) is 0 Å². The molecule has 0 radical (unpaired) electrons. The number of benzene rings is 2. The lowest BCUT2D eigenvalue weighted by Crippen LogP contribution is -2.05. The van der Waals surface area contributed by atoms with Gasteiger partial charge in [-0.05, 0) is 118 Å². The summed E-state index contributed by atoms with van der Waals surface area (Å²) in [6, 6.07) is 14.4. The smallest absolute Gasteiger partial charge is 0.211 e. The molecule has 0 saturated heterocycles. The fourth-order valence-corrected chi connectivity index (χ4v) is 6.68. The molecule has 2 nitrogen and oxygen atoms in total. The second-order valence-corrected chi connectivity index (χ2v) is 13.1. The second kappa shape index (κ2) is 19.0. The van der Waals surface area contributed by atoms with Crippen LogP contribution in [0.2, 0.25) is 0 Å². The summed E-state index contributed by atoms with van der Waals surface area (Å²) in [5.41, 5.74) is 24.9. The monoisotopic (exact) mass is 582 g/mol. The predicted molar refractivity (Wildman–Crippen MR) is 188 cm³/mol. The van der Waals surface area contributed by atoms with Gasteiger partial charge in [0.2, 0.25) is 11.4 Å². The summed E-state index contributed by atoms with van der Waals surface area (Å²) >= 11 is 0. The average Bonchev–Trinajstić information content (AvgIpc) is 3.25. The summed E-state index contributed by atoms with van der Waals surface area (Å²) in [6.45, 7) is 13.7. The molecule has 0 aromatic heterocycles. The van der Waals surface area contributed by atoms with Gasteiger partial charge in [-0.1, -0.05) is 105 Å². The fraction of sp³-hybridized carbons (Fsp3) is 0.610. The maximum atomic E-state index is 12.2. The number of unbranched alkanes of at least 4 members (excludes halogenated alkanes) is 9. The van der Waals surface area contributed by atoms with E-state index >= 15 is 0 Å². The standard InChI is InChI=1S/C41H62N2/c1-7-12-17-20-25-39-32(6)40(37-28-33(21-15-10-4)26-35(29-37)23-18-13-8-2)43(42)41(39)38-30-34(22-16-11-5)27-36(31-38)24-19-14-9-3/h26-31H,7-25H2,1-6H3. The minimum Gasteiger partial charge on any atom is -0.493 e. The molecule has 0 unspecified atom stereocenters. The molecule has 3 rings (SSSR count). The summed E-state index contributed by atoms with van der Waals surface area (Å²) in [5, 5.41) is 0. The molecule has 0 atom stereocenters. The van der Waals surface area contributed by atoms with E-state index in [2.05, 4.69) is 77.9 Å². The minimum absolute atomic E-state index is 1.00. The Bertz CT molecular complexity index is 1230. The summed E-state index contributed by atoms with van der Waals surface area (Å²) in [5.74, 6) is 0. The zero-order valence-corrected chi connectivity index (χ0v) is 28.8. The van der Waals surface area contributed by atoms with E-state index in [0.29, 0.717) is 0 Å². The highest BCUT2D eigenvalue weighted by Gasteiger charge is 2.34. The lowest BCUT2D eigenvalue weighted by Gasteiger charge is -2.14. The molecule has 1 aliphatic rings. The number of hydrogen-bond acceptors (Lipinski definition) is 0. The highest BCUT2D eigenvalue weighted by molar-refractivity contribution is 5.82. The van der Waals surface area contributed by atoms with Crippen LogP contribution in [0.1, 0.15) is 171 Å². The number of nitrogens with zero attached hydrogens (tertiary/aromatic N) is 2. The van der Waals surface area contributed by atoms with Crippen LogP contribution in [0.25, 0.3) is 16.9 Å². The van der Waals surface area contributed by atoms with Crippen LogP contribution in [-0.4, -0.2) is 4.70 Å². The van der Waals surface area contributed by atoms with Crippen molar-refractivity contribution in [2.45, 2.75) is 164 Å². The first-order valence-corrected chi connectivity index (χ1v) is 18.2. The summed E-state index contributed by atoms with van der Waals surface area (Å²) in [7, 11) is 0. The Hall–Kier alpha value is -2.48. The molecular weight excluding hydrogens is 520 g/mol. The Morgan fingerprint density at radius 1 is 0.442 bits per heavy atom. The van der Waals surface area contributed by atoms with Gasteiger partial charge in [-0.25, -0.2) is 4.70 Å². The van der Waals surface area contributed by atoms with E-state index in [1.165, 1.54) is 134 Å². The van der Waals surface area contributed by atoms with E-state index in [9.17, 15) is 5.53 Å². The van der Waals surface area contributed by atoms with Crippen LogP contribution < -0.4 is 0 Å². The van der Waals surface area contributed by atoms with Crippen LogP contribution in [0.3, 0.4) is 0 Å². The predicted octanol–water partition coefficient (Wildman–Crippen LogP) is 13.0. The molecule has 2 aromatic rings. The molecule has 0 bridgehead atoms. The Balaban J connectivity index is 2.10. The summed E-state index contributed by atoms with van der Waals surface area (Å²) in [4.78, 5) is 0. The third-order valence-corrected chi connectivity index (χ3v) is 9.23. The number of allylic oxidation sites excluding steroid dienone is 2. The Labute approximate surface area is 265 Å². The SMILES string of the molecule is CCCCCCC1=C(c2cc(CCCC)cc(CCCCC)c2)[N+](=[N-])C(c2cc(CCCC)cc(CCCCC)c2)=C1C. The molecule has 0 spiro atoms. The average molecular weight is 583 g/mol. The topological polar surface area (TPSA) is 25.3 Å². The molecule has 0 N–H and O–H groups in total. The van der Waals surface area contributed by atoms with Crippen LogP contribution in [0.5, 0.6) is 0 Å². The van der Waals surface area contributed by atoms with Crippen LogP contribution in [-0.2, 0) is 25.7 Å². The van der Waals surface area contributed by atoms with Gasteiger partial charge in [0, 0.05) is 22.3 Å². The van der Waals surface area contributed by atoms with Gasteiger partial charge in [0.25, 0.3) is 0 Å². The molecule has 1 aliphatic heterocycles. The van der Waals surface area contributed by atoms with Gasteiger partial charge in [-0.2, -0.15) is 0 Å². The van der Waals surface area contributed by atoms with E-state index < -0.39 is 0 Å². The van der Waals surface area contributed by atoms with Crippen molar-refractivity contribution in [1.82, 2.24) is 0 Å². The quantitative estimate of drug-likeness (QED) is 0.103. The molecule has 2 heteroatoms. The van der Waals surface area contributed by atoms with Gasteiger partial charge >= 0.3 is 0 Å². The number of rotatable bonds is 21. The van der Waals surface area contributed by atoms with Crippen molar-refractivity contribution in [2.75, 3.05) is 0 Å². The van der Waals surface area contributed by atoms with E-state index in [4.69, 9.17) is 0 Å². The zero-order chi connectivity index (χ0) is 31.0. The normalized spacial score (nSPS) is 13.6. The van der Waals surface area contributed by atoms with Crippen LogP contribution >= 0.6 is 0 Å². The van der Waals surface area contributed by atoms with Crippen molar-refractivity contribution in [1.29, 1.82) is 0 Å². The highest BCUT2D eigenvalue weighted by Crippen LogP contribution is 2.43. The first-order chi connectivity index (χ1) is 21.0. The summed E-state index contributed by atoms with van der Waals surface area (Å²) in [6.07, 6.45) is 22.7. The van der Waals surface area contributed by atoms with Crippen LogP contribution in [0, 0.1) is 0 Å². The third-order valence-electron chi connectivity index (χ3n) is 9.23. The van der Waals surface area contributed by atoms with E-state index in [0.717, 1.165) is 43.5 Å². The van der Waals surface area contributed by atoms with Gasteiger partial charge in [0.15, 0.2) is 0 Å². The first-order valence-electron chi connectivity index (χ1n) is 18.2. The first kappa shape index (κ1) is 35.0. The lowest BCUT2D eigenvalue weighted by molar-refractivity contribution is -0.345. The molecule has 1 heterocycles. The van der Waals surface area contributed by atoms with Gasteiger partial charge in [0.05, 0.1) is 0 Å².